The molecule has 0 unspecified atom stereocenters. The van der Waals surface area contributed by atoms with E-state index in [1.165, 1.54) is 24.3 Å². The van der Waals surface area contributed by atoms with Crippen molar-refractivity contribution < 1.29 is 27.4 Å². The summed E-state index contributed by atoms with van der Waals surface area (Å²) in [5.74, 6) is 1.50. The summed E-state index contributed by atoms with van der Waals surface area (Å²) < 4.78 is 42.8. The first-order valence-corrected chi connectivity index (χ1v) is 10.9. The molecule has 0 spiro atoms. The summed E-state index contributed by atoms with van der Waals surface area (Å²) in [5.41, 5.74) is 0.851. The zero-order chi connectivity index (χ0) is 22.1. The van der Waals surface area contributed by atoms with Gasteiger partial charge in [-0.3, -0.25) is 4.79 Å². The topological polar surface area (TPSA) is 103 Å². The maximum absolute atomic E-state index is 12.2. The predicted octanol–water partition coefficient (Wildman–Crippen LogP) is 2.33. The van der Waals surface area contributed by atoms with Crippen molar-refractivity contribution in [2.45, 2.75) is 25.3 Å². The monoisotopic (exact) mass is 436 g/mol. The van der Waals surface area contributed by atoms with Crippen LogP contribution in [0.15, 0.2) is 47.4 Å². The second-order valence-electron chi connectivity index (χ2n) is 6.97. The highest BCUT2D eigenvalue weighted by Crippen LogP contribution is 2.27. The summed E-state index contributed by atoms with van der Waals surface area (Å²) >= 11 is 0. The number of hydrogen-bond donors (Lipinski definition) is 2. The lowest BCUT2D eigenvalue weighted by Crippen LogP contribution is -2.28. The average molecular weight is 437 g/mol. The molecular formula is C21H28N2O6S. The van der Waals surface area contributed by atoms with Crippen LogP contribution in [0, 0.1) is 5.92 Å². The molecule has 0 bridgehead atoms. The van der Waals surface area contributed by atoms with Gasteiger partial charge >= 0.3 is 0 Å². The fourth-order valence-corrected chi connectivity index (χ4v) is 3.68. The van der Waals surface area contributed by atoms with Crippen molar-refractivity contribution >= 4 is 15.9 Å². The van der Waals surface area contributed by atoms with Gasteiger partial charge in [-0.05, 0) is 47.9 Å². The van der Waals surface area contributed by atoms with Crippen molar-refractivity contribution in [2.24, 2.45) is 5.92 Å². The Morgan fingerprint density at radius 1 is 1.00 bits per heavy atom. The third kappa shape index (κ3) is 6.93. The molecule has 164 valence electrons. The largest absolute Gasteiger partial charge is 0.493 e. The second kappa shape index (κ2) is 10.8. The fourth-order valence-electron chi connectivity index (χ4n) is 2.47. The Kier molecular flexibility index (Phi) is 8.49. The van der Waals surface area contributed by atoms with Crippen molar-refractivity contribution in [2.75, 3.05) is 27.4 Å². The van der Waals surface area contributed by atoms with Gasteiger partial charge in [0.15, 0.2) is 18.1 Å². The van der Waals surface area contributed by atoms with Gasteiger partial charge in [0.1, 0.15) is 5.75 Å². The van der Waals surface area contributed by atoms with Crippen LogP contribution in [0.5, 0.6) is 17.2 Å². The Morgan fingerprint density at radius 2 is 1.67 bits per heavy atom. The molecule has 30 heavy (non-hydrogen) atoms. The van der Waals surface area contributed by atoms with Gasteiger partial charge in [-0.25, -0.2) is 13.1 Å². The smallest absolute Gasteiger partial charge is 0.258 e. The molecule has 0 radical (unpaired) electrons. The van der Waals surface area contributed by atoms with Crippen molar-refractivity contribution in [3.05, 3.63) is 48.0 Å². The molecule has 9 heteroatoms. The van der Waals surface area contributed by atoms with Crippen LogP contribution in [0.2, 0.25) is 0 Å². The highest BCUT2D eigenvalue weighted by molar-refractivity contribution is 7.89. The van der Waals surface area contributed by atoms with Crippen LogP contribution in [-0.4, -0.2) is 41.7 Å². The Morgan fingerprint density at radius 3 is 2.27 bits per heavy atom. The number of hydrogen-bond acceptors (Lipinski definition) is 6. The van der Waals surface area contributed by atoms with E-state index in [1.807, 2.05) is 19.9 Å². The Hall–Kier alpha value is -2.78. The summed E-state index contributed by atoms with van der Waals surface area (Å²) in [7, 11) is -0.455. The van der Waals surface area contributed by atoms with E-state index in [4.69, 9.17) is 14.2 Å². The van der Waals surface area contributed by atoms with E-state index in [1.54, 1.807) is 26.4 Å². The molecule has 2 aromatic carbocycles. The maximum Gasteiger partial charge on any atom is 0.258 e. The third-order valence-corrected chi connectivity index (χ3v) is 5.56. The first kappa shape index (κ1) is 23.5. The Labute approximate surface area is 177 Å². The molecule has 2 rings (SSSR count). The van der Waals surface area contributed by atoms with Gasteiger partial charge in [-0.1, -0.05) is 19.9 Å². The van der Waals surface area contributed by atoms with E-state index in [-0.39, 0.29) is 23.3 Å². The summed E-state index contributed by atoms with van der Waals surface area (Å²) in [5, 5.41) is 2.75. The van der Waals surface area contributed by atoms with Crippen molar-refractivity contribution in [3.63, 3.8) is 0 Å². The fraction of sp³-hybridized carbons (Fsp3) is 0.381. The zero-order valence-corrected chi connectivity index (χ0v) is 18.4. The van der Waals surface area contributed by atoms with Crippen LogP contribution in [0.1, 0.15) is 19.4 Å². The van der Waals surface area contributed by atoms with E-state index in [2.05, 4.69) is 10.0 Å². The molecule has 8 nitrogen and oxygen atoms in total. The normalized spacial score (nSPS) is 11.2. The van der Waals surface area contributed by atoms with Crippen LogP contribution in [0.25, 0.3) is 0 Å². The van der Waals surface area contributed by atoms with Crippen LogP contribution >= 0.6 is 0 Å². The van der Waals surface area contributed by atoms with Gasteiger partial charge in [0.2, 0.25) is 10.0 Å². The molecule has 0 aliphatic heterocycles. The Bertz CT molecular complexity index is 942. The number of ether oxygens (including phenoxy) is 3. The minimum absolute atomic E-state index is 0.147. The summed E-state index contributed by atoms with van der Waals surface area (Å²) in [6.07, 6.45) is 0. The minimum Gasteiger partial charge on any atom is -0.493 e. The molecule has 0 heterocycles. The van der Waals surface area contributed by atoms with Gasteiger partial charge in [-0.2, -0.15) is 0 Å². The van der Waals surface area contributed by atoms with Crippen LogP contribution in [0.3, 0.4) is 0 Å². The summed E-state index contributed by atoms with van der Waals surface area (Å²) in [4.78, 5) is 12.2. The molecule has 0 fully saturated rings. The lowest BCUT2D eigenvalue weighted by Gasteiger charge is -2.11. The van der Waals surface area contributed by atoms with Gasteiger partial charge in [-0.15, -0.1) is 0 Å². The number of methoxy groups -OCH3 is 2. The van der Waals surface area contributed by atoms with E-state index in [0.717, 1.165) is 5.56 Å². The quantitative estimate of drug-likeness (QED) is 0.560. The van der Waals surface area contributed by atoms with Crippen LogP contribution in [-0.2, 0) is 21.4 Å². The molecule has 2 aromatic rings. The lowest BCUT2D eigenvalue weighted by atomic mass is 10.2. The van der Waals surface area contributed by atoms with E-state index in [9.17, 15) is 13.2 Å². The molecule has 0 saturated carbocycles. The zero-order valence-electron chi connectivity index (χ0n) is 17.6. The van der Waals surface area contributed by atoms with Crippen LogP contribution in [0.4, 0.5) is 0 Å². The van der Waals surface area contributed by atoms with E-state index in [0.29, 0.717) is 30.3 Å². The molecule has 0 aliphatic carbocycles. The first-order valence-electron chi connectivity index (χ1n) is 9.45. The number of benzene rings is 2. The minimum atomic E-state index is -3.56. The Balaban J connectivity index is 1.85. The van der Waals surface area contributed by atoms with Crippen molar-refractivity contribution in [3.8, 4) is 17.2 Å². The average Bonchev–Trinajstić information content (AvgIpc) is 2.75. The van der Waals surface area contributed by atoms with Gasteiger partial charge in [0.25, 0.3) is 5.91 Å². The highest BCUT2D eigenvalue weighted by Gasteiger charge is 2.14. The number of sulfonamides is 1. The lowest BCUT2D eigenvalue weighted by molar-refractivity contribution is -0.123. The standard InChI is InChI=1S/C21H28N2O6S/c1-15(2)12-23-30(25,26)18-8-6-17(7-9-18)29-14-21(24)22-13-16-5-10-19(27-3)20(11-16)28-4/h5-11,15,23H,12-14H2,1-4H3,(H,22,24). The molecule has 1 amide bonds. The maximum atomic E-state index is 12.2. The number of carbonyl (C=O) groups excluding carboxylic acids is 1. The van der Waals surface area contributed by atoms with Crippen LogP contribution < -0.4 is 24.2 Å². The van der Waals surface area contributed by atoms with Gasteiger partial charge < -0.3 is 19.5 Å². The third-order valence-electron chi connectivity index (χ3n) is 4.12. The molecule has 0 saturated heterocycles. The predicted molar refractivity (Wildman–Crippen MR) is 113 cm³/mol. The van der Waals surface area contributed by atoms with Gasteiger partial charge in [0, 0.05) is 13.1 Å². The number of rotatable bonds is 11. The molecule has 0 aromatic heterocycles. The number of amides is 1. The number of nitrogens with one attached hydrogen (secondary N) is 2. The summed E-state index contributed by atoms with van der Waals surface area (Å²) in [6, 6.07) is 11.3. The SMILES string of the molecule is COc1ccc(CNC(=O)COc2ccc(S(=O)(=O)NCC(C)C)cc2)cc1OC. The molecule has 0 atom stereocenters. The molecule has 0 aliphatic rings. The van der Waals surface area contributed by atoms with Crippen molar-refractivity contribution in [1.29, 1.82) is 0 Å². The molecule has 2 N–H and O–H groups in total. The first-order chi connectivity index (χ1) is 14.2. The second-order valence-corrected chi connectivity index (χ2v) is 8.74. The summed E-state index contributed by atoms with van der Waals surface area (Å²) in [6.45, 7) is 4.33. The van der Waals surface area contributed by atoms with Gasteiger partial charge in [0.05, 0.1) is 19.1 Å². The molecular weight excluding hydrogens is 408 g/mol. The highest BCUT2D eigenvalue weighted by atomic mass is 32.2. The van der Waals surface area contributed by atoms with E-state index < -0.39 is 10.0 Å². The number of carbonyl (C=O) groups is 1. The van der Waals surface area contributed by atoms with Crippen molar-refractivity contribution in [1.82, 2.24) is 10.0 Å². The van der Waals surface area contributed by atoms with E-state index >= 15 is 0 Å².